The van der Waals surface area contributed by atoms with Crippen LogP contribution in [0.5, 0.6) is 0 Å². The second-order valence-corrected chi connectivity index (χ2v) is 8.50. The Balaban J connectivity index is 2.10. The van der Waals surface area contributed by atoms with Crippen molar-refractivity contribution < 1.29 is 14.7 Å². The van der Waals surface area contributed by atoms with Crippen molar-refractivity contribution in [3.8, 4) is 10.4 Å². The molecule has 138 valence electrons. The van der Waals surface area contributed by atoms with E-state index in [1.807, 2.05) is 30.3 Å². The average molecular weight is 419 g/mol. The second-order valence-electron chi connectivity index (χ2n) is 6.60. The van der Waals surface area contributed by atoms with Gasteiger partial charge in [0.05, 0.1) is 5.41 Å². The van der Waals surface area contributed by atoms with Gasteiger partial charge in [0.1, 0.15) is 4.88 Å². The van der Waals surface area contributed by atoms with Crippen molar-refractivity contribution in [2.24, 2.45) is 0 Å². The topological polar surface area (TPSA) is 54.4 Å². The highest BCUT2D eigenvalue weighted by atomic mass is 35.5. The van der Waals surface area contributed by atoms with Crippen LogP contribution in [0.15, 0.2) is 54.6 Å². The lowest BCUT2D eigenvalue weighted by Crippen LogP contribution is -2.30. The predicted octanol–water partition coefficient (Wildman–Crippen LogP) is 6.58. The minimum Gasteiger partial charge on any atom is -0.477 e. The number of benzene rings is 2. The quantitative estimate of drug-likeness (QED) is 0.475. The van der Waals surface area contributed by atoms with Gasteiger partial charge in [-0.2, -0.15) is 0 Å². The van der Waals surface area contributed by atoms with Gasteiger partial charge in [0.25, 0.3) is 0 Å². The Morgan fingerprint density at radius 2 is 1.67 bits per heavy atom. The molecule has 0 aliphatic carbocycles. The normalized spacial score (nSPS) is 11.4. The Hall–Kier alpha value is -2.14. The molecule has 1 heterocycles. The number of carboxylic acid groups (broad SMARTS) is 1. The van der Waals surface area contributed by atoms with E-state index in [0.717, 1.165) is 21.8 Å². The van der Waals surface area contributed by atoms with Gasteiger partial charge in [-0.1, -0.05) is 59.6 Å². The summed E-state index contributed by atoms with van der Waals surface area (Å²) >= 11 is 13.3. The number of aromatic carboxylic acids is 1. The molecule has 0 bridgehead atoms. The molecule has 0 amide bonds. The van der Waals surface area contributed by atoms with Gasteiger partial charge >= 0.3 is 5.97 Å². The molecule has 0 spiro atoms. The van der Waals surface area contributed by atoms with Crippen LogP contribution in [0, 0.1) is 0 Å². The molecule has 0 aliphatic rings. The Bertz CT molecular complexity index is 1020. The lowest BCUT2D eigenvalue weighted by atomic mass is 9.78. The molecule has 3 nitrogen and oxygen atoms in total. The number of carboxylic acids is 1. The van der Waals surface area contributed by atoms with Crippen LogP contribution in [0.4, 0.5) is 0 Å². The van der Waals surface area contributed by atoms with Crippen molar-refractivity contribution >= 4 is 46.3 Å². The molecule has 27 heavy (non-hydrogen) atoms. The predicted molar refractivity (Wildman–Crippen MR) is 111 cm³/mol. The van der Waals surface area contributed by atoms with Crippen molar-refractivity contribution in [2.75, 3.05) is 0 Å². The molecule has 0 unspecified atom stereocenters. The Kier molecular flexibility index (Phi) is 5.43. The van der Waals surface area contributed by atoms with Crippen LogP contribution in [0.3, 0.4) is 0 Å². The van der Waals surface area contributed by atoms with Gasteiger partial charge in [0, 0.05) is 20.5 Å². The molecule has 2 aromatic carbocycles. The number of thiophene rings is 1. The summed E-state index contributed by atoms with van der Waals surface area (Å²) in [4.78, 5) is 25.8. The highest BCUT2D eigenvalue weighted by Gasteiger charge is 2.36. The second kappa shape index (κ2) is 7.47. The third-order valence-electron chi connectivity index (χ3n) is 4.40. The first-order valence-corrected chi connectivity index (χ1v) is 9.72. The summed E-state index contributed by atoms with van der Waals surface area (Å²) in [7, 11) is 0. The van der Waals surface area contributed by atoms with Crippen molar-refractivity contribution in [1.29, 1.82) is 0 Å². The molecule has 3 aromatic rings. The van der Waals surface area contributed by atoms with E-state index >= 15 is 0 Å². The van der Waals surface area contributed by atoms with Crippen LogP contribution >= 0.6 is 34.5 Å². The summed E-state index contributed by atoms with van der Waals surface area (Å²) in [6, 6.07) is 16.0. The van der Waals surface area contributed by atoms with E-state index in [1.54, 1.807) is 38.1 Å². The number of halogens is 2. The molecule has 0 saturated heterocycles. The minimum atomic E-state index is -1.12. The number of carbonyl (C=O) groups excluding carboxylic acids is 1. The molecule has 0 aliphatic heterocycles. The summed E-state index contributed by atoms with van der Waals surface area (Å²) in [6.45, 7) is 3.46. The van der Waals surface area contributed by atoms with Crippen LogP contribution in [0.2, 0.25) is 10.0 Å². The number of ketones is 1. The zero-order chi connectivity index (χ0) is 19.8. The van der Waals surface area contributed by atoms with Gasteiger partial charge in [0.15, 0.2) is 5.78 Å². The lowest BCUT2D eigenvalue weighted by molar-refractivity contribution is 0.0695. The zero-order valence-electron chi connectivity index (χ0n) is 14.6. The van der Waals surface area contributed by atoms with Gasteiger partial charge in [-0.15, -0.1) is 11.3 Å². The largest absolute Gasteiger partial charge is 0.477 e. The molecule has 0 fully saturated rings. The van der Waals surface area contributed by atoms with Crippen LogP contribution in [-0.2, 0) is 5.41 Å². The average Bonchev–Trinajstić information content (AvgIpc) is 3.07. The van der Waals surface area contributed by atoms with E-state index in [4.69, 9.17) is 23.2 Å². The van der Waals surface area contributed by atoms with E-state index in [2.05, 4.69) is 0 Å². The van der Waals surface area contributed by atoms with Crippen LogP contribution in [-0.4, -0.2) is 16.9 Å². The van der Waals surface area contributed by atoms with Gasteiger partial charge < -0.3 is 5.11 Å². The molecular weight excluding hydrogens is 403 g/mol. The fourth-order valence-corrected chi connectivity index (χ4v) is 4.56. The van der Waals surface area contributed by atoms with E-state index < -0.39 is 11.4 Å². The first-order chi connectivity index (χ1) is 12.7. The Morgan fingerprint density at radius 3 is 2.26 bits per heavy atom. The maximum Gasteiger partial charge on any atom is 0.346 e. The first-order valence-electron chi connectivity index (χ1n) is 8.14. The molecule has 0 radical (unpaired) electrons. The molecule has 1 N–H and O–H groups in total. The fraction of sp³-hybridized carbons (Fsp3) is 0.143. The number of hydrogen-bond acceptors (Lipinski definition) is 3. The monoisotopic (exact) mass is 418 g/mol. The van der Waals surface area contributed by atoms with E-state index in [-0.39, 0.29) is 16.2 Å². The summed E-state index contributed by atoms with van der Waals surface area (Å²) in [6.07, 6.45) is 0. The SMILES string of the molecule is CC(C)(C(=O)c1cc(-c2ccccc2)sc1C(=O)O)c1ccc(Cl)cc1Cl. The van der Waals surface area contributed by atoms with Crippen LogP contribution < -0.4 is 0 Å². The number of rotatable bonds is 5. The number of Topliss-reactive ketones (excluding diaryl/α,β-unsaturated/α-hetero) is 1. The maximum atomic E-state index is 13.3. The van der Waals surface area contributed by atoms with Gasteiger partial charge in [-0.3, -0.25) is 4.79 Å². The van der Waals surface area contributed by atoms with Gasteiger partial charge in [-0.25, -0.2) is 4.79 Å². The first kappa shape index (κ1) is 19.6. The third-order valence-corrected chi connectivity index (χ3v) is 6.12. The summed E-state index contributed by atoms with van der Waals surface area (Å²) < 4.78 is 0. The Morgan fingerprint density at radius 1 is 1.00 bits per heavy atom. The van der Waals surface area contributed by atoms with Crippen molar-refractivity contribution in [3.63, 3.8) is 0 Å². The number of hydrogen-bond donors (Lipinski definition) is 1. The molecule has 6 heteroatoms. The van der Waals surface area contributed by atoms with E-state index in [0.29, 0.717) is 15.6 Å². The van der Waals surface area contributed by atoms with Crippen molar-refractivity contribution in [2.45, 2.75) is 19.3 Å². The number of carbonyl (C=O) groups is 2. The van der Waals surface area contributed by atoms with Crippen molar-refractivity contribution in [3.05, 3.63) is 80.6 Å². The van der Waals surface area contributed by atoms with Gasteiger partial charge in [-0.05, 0) is 43.2 Å². The summed E-state index contributed by atoms with van der Waals surface area (Å²) in [5, 5.41) is 10.5. The minimum absolute atomic E-state index is 0.0250. The fourth-order valence-electron chi connectivity index (χ4n) is 2.92. The van der Waals surface area contributed by atoms with Crippen LogP contribution in [0.25, 0.3) is 10.4 Å². The highest BCUT2D eigenvalue weighted by molar-refractivity contribution is 7.17. The molecule has 0 atom stereocenters. The lowest BCUT2D eigenvalue weighted by Gasteiger charge is -2.25. The Labute approximate surface area is 171 Å². The summed E-state index contributed by atoms with van der Waals surface area (Å²) in [5.74, 6) is -1.42. The maximum absolute atomic E-state index is 13.3. The van der Waals surface area contributed by atoms with Gasteiger partial charge in [0.2, 0.25) is 0 Å². The smallest absolute Gasteiger partial charge is 0.346 e. The standard InChI is InChI=1S/C21H16Cl2O3S/c1-21(2,15-9-8-13(22)10-16(15)23)19(24)14-11-17(27-18(14)20(25)26)12-6-4-3-5-7-12/h3-11H,1-2H3,(H,25,26). The molecule has 3 rings (SSSR count). The third kappa shape index (κ3) is 3.79. The molecule has 0 saturated carbocycles. The van der Waals surface area contributed by atoms with Crippen LogP contribution in [0.1, 0.15) is 39.4 Å². The highest BCUT2D eigenvalue weighted by Crippen LogP contribution is 2.38. The summed E-state index contributed by atoms with van der Waals surface area (Å²) in [5.41, 5.74) is 0.636. The molecule has 1 aromatic heterocycles. The zero-order valence-corrected chi connectivity index (χ0v) is 17.0. The molecular formula is C21H16Cl2O3S. The van der Waals surface area contributed by atoms with E-state index in [9.17, 15) is 14.7 Å². The van der Waals surface area contributed by atoms with Crippen molar-refractivity contribution in [1.82, 2.24) is 0 Å². The van der Waals surface area contributed by atoms with E-state index in [1.165, 1.54) is 0 Å².